The van der Waals surface area contributed by atoms with E-state index in [0.717, 1.165) is 60.2 Å². The van der Waals surface area contributed by atoms with Crippen LogP contribution in [0.2, 0.25) is 0 Å². The second-order valence-corrected chi connectivity index (χ2v) is 8.45. The summed E-state index contributed by atoms with van der Waals surface area (Å²) in [5.41, 5.74) is 5.36. The number of rotatable bonds is 9. The van der Waals surface area contributed by atoms with Gasteiger partial charge in [0.15, 0.2) is 12.3 Å². The van der Waals surface area contributed by atoms with E-state index in [1.165, 1.54) is 11.1 Å². The van der Waals surface area contributed by atoms with Crippen molar-refractivity contribution < 1.29 is 23.6 Å². The second kappa shape index (κ2) is 9.94. The summed E-state index contributed by atoms with van der Waals surface area (Å²) in [4.78, 5) is 12.9. The molecule has 0 radical (unpaired) electrons. The molecule has 1 aliphatic heterocycles. The molecule has 172 valence electrons. The Kier molecular flexibility index (Phi) is 6.82. The first-order chi connectivity index (χ1) is 16.0. The van der Waals surface area contributed by atoms with Gasteiger partial charge in [0.25, 0.3) is 5.52 Å². The largest absolute Gasteiger partial charge is 0.481 e. The van der Waals surface area contributed by atoms with Crippen molar-refractivity contribution in [2.45, 2.75) is 53.0 Å². The molecule has 0 saturated carbocycles. The predicted molar refractivity (Wildman–Crippen MR) is 129 cm³/mol. The van der Waals surface area contributed by atoms with Gasteiger partial charge >= 0.3 is 11.9 Å². The number of carbonyl (C=O) groups is 1. The summed E-state index contributed by atoms with van der Waals surface area (Å²) in [6.45, 7) is 7.85. The van der Waals surface area contributed by atoms with Gasteiger partial charge in [-0.25, -0.2) is 0 Å². The number of aryl methyl sites for hydroxylation is 3. The molecular formula is C27H31N2O4+. The standard InChI is InChI=1S/C27H30N2O4/c1-4-28-21-17-19(2)12-14-23(21)32-25(28)9-8-10-26-29(16-7-5-6-11-27(30)31)22-18-20(3)13-15-24(22)33-26/h8-10,12-15,17-18H,4-7,11,16H2,1-3H3/p+1. The lowest BCUT2D eigenvalue weighted by Crippen LogP contribution is -2.35. The van der Waals surface area contributed by atoms with Gasteiger partial charge in [0.2, 0.25) is 11.5 Å². The number of allylic oxidation sites excluding steroid dienone is 2. The molecule has 1 N–H and O–H groups in total. The van der Waals surface area contributed by atoms with E-state index in [-0.39, 0.29) is 6.42 Å². The zero-order chi connectivity index (χ0) is 23.4. The molecule has 1 aromatic heterocycles. The van der Waals surface area contributed by atoms with E-state index in [2.05, 4.69) is 48.4 Å². The Bertz CT molecular complexity index is 1220. The summed E-state index contributed by atoms with van der Waals surface area (Å²) >= 11 is 0. The number of hydrogen-bond acceptors (Lipinski definition) is 4. The van der Waals surface area contributed by atoms with Crippen LogP contribution in [0.5, 0.6) is 5.75 Å². The molecular weight excluding hydrogens is 416 g/mol. The van der Waals surface area contributed by atoms with Crippen LogP contribution in [0.15, 0.2) is 58.9 Å². The third kappa shape index (κ3) is 5.11. The van der Waals surface area contributed by atoms with Crippen LogP contribution < -0.4 is 14.2 Å². The number of carboxylic acids is 1. The highest BCUT2D eigenvalue weighted by molar-refractivity contribution is 5.71. The number of ether oxygens (including phenoxy) is 1. The number of nitrogens with zero attached hydrogens (tertiary/aromatic N) is 2. The minimum atomic E-state index is -0.740. The normalized spacial score (nSPS) is 14.4. The van der Waals surface area contributed by atoms with Crippen LogP contribution in [-0.2, 0) is 11.3 Å². The van der Waals surface area contributed by atoms with Crippen molar-refractivity contribution in [3.8, 4) is 5.75 Å². The molecule has 0 fully saturated rings. The molecule has 3 aromatic rings. The molecule has 1 aliphatic rings. The maximum atomic E-state index is 10.8. The molecule has 0 unspecified atom stereocenters. The van der Waals surface area contributed by atoms with Gasteiger partial charge in [-0.05, 0) is 75.1 Å². The molecule has 2 aromatic carbocycles. The van der Waals surface area contributed by atoms with E-state index in [4.69, 9.17) is 14.3 Å². The number of aliphatic carboxylic acids is 1. The lowest BCUT2D eigenvalue weighted by molar-refractivity contribution is -0.678. The van der Waals surface area contributed by atoms with E-state index in [1.807, 2.05) is 36.4 Å². The van der Waals surface area contributed by atoms with Crippen LogP contribution in [0, 0.1) is 13.8 Å². The van der Waals surface area contributed by atoms with E-state index >= 15 is 0 Å². The van der Waals surface area contributed by atoms with Gasteiger partial charge in [-0.1, -0.05) is 12.1 Å². The Hall–Kier alpha value is -3.54. The molecule has 0 atom stereocenters. The van der Waals surface area contributed by atoms with Crippen LogP contribution in [0.4, 0.5) is 5.69 Å². The minimum absolute atomic E-state index is 0.214. The summed E-state index contributed by atoms with van der Waals surface area (Å²) in [5.74, 6) is 1.69. The van der Waals surface area contributed by atoms with Crippen molar-refractivity contribution in [3.05, 3.63) is 71.5 Å². The first-order valence-corrected chi connectivity index (χ1v) is 11.6. The SMILES string of the molecule is CCN1/C(=C\C=C\c2oc3ccc(C)cc3[n+]2CCCCCC(=O)O)Oc2ccc(C)cc21. The van der Waals surface area contributed by atoms with Gasteiger partial charge < -0.3 is 19.2 Å². The zero-order valence-corrected chi connectivity index (χ0v) is 19.5. The average Bonchev–Trinajstić information content (AvgIpc) is 3.30. The van der Waals surface area contributed by atoms with E-state index < -0.39 is 5.97 Å². The lowest BCUT2D eigenvalue weighted by atomic mass is 10.2. The summed E-state index contributed by atoms with van der Waals surface area (Å²) in [6, 6.07) is 12.4. The monoisotopic (exact) mass is 447 g/mol. The third-order valence-corrected chi connectivity index (χ3v) is 5.84. The van der Waals surface area contributed by atoms with Crippen molar-refractivity contribution >= 4 is 28.8 Å². The number of carboxylic acid groups (broad SMARTS) is 1. The topological polar surface area (TPSA) is 66.8 Å². The Labute approximate surface area is 194 Å². The van der Waals surface area contributed by atoms with Gasteiger partial charge in [-0.15, -0.1) is 0 Å². The van der Waals surface area contributed by atoms with Gasteiger partial charge in [0.05, 0.1) is 11.8 Å². The highest BCUT2D eigenvalue weighted by Gasteiger charge is 2.25. The van der Waals surface area contributed by atoms with Crippen LogP contribution >= 0.6 is 0 Å². The fourth-order valence-electron chi connectivity index (χ4n) is 4.16. The fourth-order valence-corrected chi connectivity index (χ4v) is 4.16. The highest BCUT2D eigenvalue weighted by Crippen LogP contribution is 2.39. The van der Waals surface area contributed by atoms with Gasteiger partial charge in [-0.2, -0.15) is 4.57 Å². The van der Waals surface area contributed by atoms with Gasteiger partial charge in [-0.3, -0.25) is 4.79 Å². The summed E-state index contributed by atoms with van der Waals surface area (Å²) in [7, 11) is 0. The molecule has 0 aliphatic carbocycles. The van der Waals surface area contributed by atoms with Gasteiger partial charge in [0, 0.05) is 25.5 Å². The van der Waals surface area contributed by atoms with Crippen LogP contribution in [-0.4, -0.2) is 17.6 Å². The van der Waals surface area contributed by atoms with Crippen LogP contribution in [0.1, 0.15) is 49.6 Å². The molecule has 6 nitrogen and oxygen atoms in total. The summed E-state index contributed by atoms with van der Waals surface area (Å²) < 4.78 is 14.4. The number of hydrogen-bond donors (Lipinski definition) is 1. The molecule has 0 saturated heterocycles. The number of unbranched alkanes of at least 4 members (excludes halogenated alkanes) is 2. The Morgan fingerprint density at radius 3 is 2.67 bits per heavy atom. The highest BCUT2D eigenvalue weighted by atomic mass is 16.5. The molecule has 4 rings (SSSR count). The Balaban J connectivity index is 1.55. The second-order valence-electron chi connectivity index (χ2n) is 8.45. The quantitative estimate of drug-likeness (QED) is 0.334. The third-order valence-electron chi connectivity index (χ3n) is 5.84. The van der Waals surface area contributed by atoms with E-state index in [1.54, 1.807) is 0 Å². The van der Waals surface area contributed by atoms with E-state index in [0.29, 0.717) is 6.42 Å². The predicted octanol–water partition coefficient (Wildman–Crippen LogP) is 5.76. The summed E-state index contributed by atoms with van der Waals surface area (Å²) in [6.07, 6.45) is 8.55. The molecule has 0 bridgehead atoms. The maximum absolute atomic E-state index is 10.8. The molecule has 6 heteroatoms. The molecule has 0 amide bonds. The number of oxazole rings is 1. The van der Waals surface area contributed by atoms with Crippen molar-refractivity contribution in [1.82, 2.24) is 0 Å². The average molecular weight is 448 g/mol. The smallest absolute Gasteiger partial charge is 0.374 e. The first kappa shape index (κ1) is 22.6. The molecule has 2 heterocycles. The fraction of sp³-hybridized carbons (Fsp3) is 0.333. The Morgan fingerprint density at radius 1 is 1.09 bits per heavy atom. The number of anilines is 1. The van der Waals surface area contributed by atoms with Gasteiger partial charge in [0.1, 0.15) is 0 Å². The molecule has 0 spiro atoms. The number of benzene rings is 2. The zero-order valence-electron chi connectivity index (χ0n) is 19.5. The maximum Gasteiger partial charge on any atom is 0.374 e. The minimum Gasteiger partial charge on any atom is -0.481 e. The van der Waals surface area contributed by atoms with Crippen LogP contribution in [0.25, 0.3) is 17.2 Å². The number of fused-ring (bicyclic) bond motifs is 2. The first-order valence-electron chi connectivity index (χ1n) is 11.6. The van der Waals surface area contributed by atoms with Crippen molar-refractivity contribution in [1.29, 1.82) is 0 Å². The van der Waals surface area contributed by atoms with E-state index in [9.17, 15) is 4.79 Å². The molecule has 33 heavy (non-hydrogen) atoms. The van der Waals surface area contributed by atoms with Crippen molar-refractivity contribution in [3.63, 3.8) is 0 Å². The Morgan fingerprint density at radius 2 is 1.88 bits per heavy atom. The van der Waals surface area contributed by atoms with Crippen LogP contribution in [0.3, 0.4) is 0 Å². The summed E-state index contributed by atoms with van der Waals surface area (Å²) in [5, 5.41) is 8.86. The lowest BCUT2D eigenvalue weighted by Gasteiger charge is -2.15. The number of aromatic nitrogens is 1. The van der Waals surface area contributed by atoms with Crippen molar-refractivity contribution in [2.24, 2.45) is 0 Å². The van der Waals surface area contributed by atoms with Crippen molar-refractivity contribution in [2.75, 3.05) is 11.4 Å².